The second-order valence-corrected chi connectivity index (χ2v) is 6.90. The number of aromatic nitrogens is 3. The standard InChI is InChI=1S/C20H12Cl3N3/c21-14-6-4-12(5-7-14)18-19(13-8-10-24-11-9-13)26-20(25-18)17-15(22)2-1-3-16(17)23/h1-11H,(H,25,26). The van der Waals surface area contributed by atoms with Crippen molar-refractivity contribution in [2.75, 3.05) is 0 Å². The average Bonchev–Trinajstić information content (AvgIpc) is 3.08. The van der Waals surface area contributed by atoms with Gasteiger partial charge in [0, 0.05) is 28.5 Å². The minimum atomic E-state index is 0.537. The molecule has 0 radical (unpaired) electrons. The van der Waals surface area contributed by atoms with Crippen LogP contribution in [0.4, 0.5) is 0 Å². The van der Waals surface area contributed by atoms with Crippen molar-refractivity contribution in [1.29, 1.82) is 0 Å². The molecule has 6 heteroatoms. The van der Waals surface area contributed by atoms with E-state index in [1.54, 1.807) is 30.6 Å². The van der Waals surface area contributed by atoms with Gasteiger partial charge in [0.2, 0.25) is 0 Å². The maximum atomic E-state index is 6.37. The highest BCUT2D eigenvalue weighted by Crippen LogP contribution is 2.38. The molecule has 0 fully saturated rings. The minimum absolute atomic E-state index is 0.537. The Morgan fingerprint density at radius 2 is 1.38 bits per heavy atom. The first-order chi connectivity index (χ1) is 12.6. The van der Waals surface area contributed by atoms with E-state index in [1.807, 2.05) is 36.4 Å². The molecule has 2 heterocycles. The van der Waals surface area contributed by atoms with Gasteiger partial charge in [-0.1, -0.05) is 53.0 Å². The van der Waals surface area contributed by atoms with E-state index in [-0.39, 0.29) is 0 Å². The number of hydrogen-bond donors (Lipinski definition) is 1. The minimum Gasteiger partial charge on any atom is -0.337 e. The number of benzene rings is 2. The molecule has 3 nitrogen and oxygen atoms in total. The van der Waals surface area contributed by atoms with Crippen molar-refractivity contribution < 1.29 is 0 Å². The SMILES string of the molecule is Clc1ccc(-c2nc(-c3c(Cl)cccc3Cl)[nH]c2-c2ccncc2)cc1. The Kier molecular flexibility index (Phi) is 4.68. The lowest BCUT2D eigenvalue weighted by molar-refractivity contribution is 1.30. The lowest BCUT2D eigenvalue weighted by atomic mass is 10.1. The number of nitrogens with zero attached hydrogens (tertiary/aromatic N) is 2. The second kappa shape index (κ2) is 7.12. The van der Waals surface area contributed by atoms with E-state index in [9.17, 15) is 0 Å². The van der Waals surface area contributed by atoms with Crippen molar-refractivity contribution in [3.8, 4) is 33.9 Å². The van der Waals surface area contributed by atoms with Crippen molar-refractivity contribution in [3.05, 3.63) is 82.1 Å². The summed E-state index contributed by atoms with van der Waals surface area (Å²) in [6.45, 7) is 0. The van der Waals surface area contributed by atoms with E-state index in [2.05, 4.69) is 9.97 Å². The molecule has 0 atom stereocenters. The van der Waals surface area contributed by atoms with Gasteiger partial charge in [-0.05, 0) is 36.4 Å². The lowest BCUT2D eigenvalue weighted by Gasteiger charge is -2.03. The normalized spacial score (nSPS) is 10.9. The van der Waals surface area contributed by atoms with E-state index in [4.69, 9.17) is 39.8 Å². The van der Waals surface area contributed by atoms with Crippen LogP contribution < -0.4 is 0 Å². The van der Waals surface area contributed by atoms with Gasteiger partial charge in [-0.25, -0.2) is 4.98 Å². The first-order valence-corrected chi connectivity index (χ1v) is 8.97. The van der Waals surface area contributed by atoms with Gasteiger partial charge in [-0.15, -0.1) is 0 Å². The van der Waals surface area contributed by atoms with Crippen molar-refractivity contribution in [3.63, 3.8) is 0 Å². The third-order valence-corrected chi connectivity index (χ3v) is 4.87. The summed E-state index contributed by atoms with van der Waals surface area (Å²) in [5, 5.41) is 1.74. The molecule has 0 aliphatic rings. The molecule has 1 N–H and O–H groups in total. The summed E-state index contributed by atoms with van der Waals surface area (Å²) < 4.78 is 0. The number of nitrogens with one attached hydrogen (secondary N) is 1. The molecule has 0 bridgehead atoms. The quantitative estimate of drug-likeness (QED) is 0.412. The Morgan fingerprint density at radius 1 is 0.731 bits per heavy atom. The fourth-order valence-electron chi connectivity index (χ4n) is 2.76. The Bertz CT molecular complexity index is 1040. The van der Waals surface area contributed by atoms with E-state index >= 15 is 0 Å². The molecule has 0 saturated heterocycles. The zero-order valence-corrected chi connectivity index (χ0v) is 15.6. The Morgan fingerprint density at radius 3 is 2.04 bits per heavy atom. The fourth-order valence-corrected chi connectivity index (χ4v) is 3.46. The molecule has 0 spiro atoms. The maximum Gasteiger partial charge on any atom is 0.141 e. The third-order valence-electron chi connectivity index (χ3n) is 3.99. The highest BCUT2D eigenvalue weighted by molar-refractivity contribution is 6.39. The Hall–Kier alpha value is -2.33. The Labute approximate surface area is 165 Å². The maximum absolute atomic E-state index is 6.37. The van der Waals surface area contributed by atoms with Crippen molar-refractivity contribution in [1.82, 2.24) is 15.0 Å². The van der Waals surface area contributed by atoms with Crippen LogP contribution in [0, 0.1) is 0 Å². The van der Waals surface area contributed by atoms with Crippen LogP contribution in [0.15, 0.2) is 67.0 Å². The van der Waals surface area contributed by atoms with Gasteiger partial charge in [-0.2, -0.15) is 0 Å². The molecule has 0 aliphatic carbocycles. The molecule has 0 aliphatic heterocycles. The van der Waals surface area contributed by atoms with Crippen LogP contribution in [0.3, 0.4) is 0 Å². The molecular formula is C20H12Cl3N3. The largest absolute Gasteiger partial charge is 0.337 e. The summed E-state index contributed by atoms with van der Waals surface area (Å²) in [7, 11) is 0. The fraction of sp³-hybridized carbons (Fsp3) is 0. The summed E-state index contributed by atoms with van der Waals surface area (Å²) in [5.41, 5.74) is 4.23. The summed E-state index contributed by atoms with van der Waals surface area (Å²) in [5.74, 6) is 0.609. The number of pyridine rings is 1. The monoisotopic (exact) mass is 399 g/mol. The van der Waals surface area contributed by atoms with Gasteiger partial charge in [-0.3, -0.25) is 4.98 Å². The van der Waals surface area contributed by atoms with Crippen LogP contribution in [0.2, 0.25) is 15.1 Å². The predicted octanol–water partition coefficient (Wildman–Crippen LogP) is 6.77. The van der Waals surface area contributed by atoms with Crippen LogP contribution in [0.5, 0.6) is 0 Å². The third kappa shape index (κ3) is 3.21. The zero-order chi connectivity index (χ0) is 18.1. The van der Waals surface area contributed by atoms with Crippen LogP contribution in [-0.2, 0) is 0 Å². The molecule has 2 aromatic heterocycles. The topological polar surface area (TPSA) is 41.6 Å². The highest BCUT2D eigenvalue weighted by Gasteiger charge is 2.18. The molecule has 0 unspecified atom stereocenters. The summed E-state index contributed by atoms with van der Waals surface area (Å²) in [6, 6.07) is 16.8. The molecule has 2 aromatic carbocycles. The first kappa shape index (κ1) is 17.1. The van der Waals surface area contributed by atoms with Gasteiger partial charge in [0.1, 0.15) is 5.82 Å². The van der Waals surface area contributed by atoms with Gasteiger partial charge >= 0.3 is 0 Å². The second-order valence-electron chi connectivity index (χ2n) is 5.65. The first-order valence-electron chi connectivity index (χ1n) is 7.84. The number of imidazole rings is 1. The van der Waals surface area contributed by atoms with Gasteiger partial charge in [0.05, 0.1) is 27.0 Å². The number of aromatic amines is 1. The molecule has 128 valence electrons. The lowest BCUT2D eigenvalue weighted by Crippen LogP contribution is -1.84. The van der Waals surface area contributed by atoms with Gasteiger partial charge in [0.15, 0.2) is 0 Å². The van der Waals surface area contributed by atoms with Crippen LogP contribution in [0.1, 0.15) is 0 Å². The summed E-state index contributed by atoms with van der Waals surface area (Å²) in [4.78, 5) is 12.2. The number of hydrogen-bond acceptors (Lipinski definition) is 2. The molecular weight excluding hydrogens is 389 g/mol. The van der Waals surface area contributed by atoms with Crippen molar-refractivity contribution in [2.24, 2.45) is 0 Å². The smallest absolute Gasteiger partial charge is 0.141 e. The van der Waals surface area contributed by atoms with Crippen molar-refractivity contribution >= 4 is 34.8 Å². The van der Waals surface area contributed by atoms with Crippen LogP contribution >= 0.6 is 34.8 Å². The molecule has 0 amide bonds. The van der Waals surface area contributed by atoms with E-state index < -0.39 is 0 Å². The molecule has 26 heavy (non-hydrogen) atoms. The Balaban J connectivity index is 1.95. The molecule has 0 saturated carbocycles. The number of halogens is 3. The molecule has 4 rings (SSSR count). The van der Waals surface area contributed by atoms with E-state index in [0.717, 1.165) is 22.5 Å². The van der Waals surface area contributed by atoms with Crippen molar-refractivity contribution in [2.45, 2.75) is 0 Å². The predicted molar refractivity (Wildman–Crippen MR) is 108 cm³/mol. The highest BCUT2D eigenvalue weighted by atomic mass is 35.5. The van der Waals surface area contributed by atoms with E-state index in [0.29, 0.717) is 26.5 Å². The van der Waals surface area contributed by atoms with Crippen LogP contribution in [-0.4, -0.2) is 15.0 Å². The average molecular weight is 401 g/mol. The van der Waals surface area contributed by atoms with Gasteiger partial charge < -0.3 is 4.98 Å². The van der Waals surface area contributed by atoms with E-state index in [1.165, 1.54) is 0 Å². The number of rotatable bonds is 3. The summed E-state index contributed by atoms with van der Waals surface area (Å²) >= 11 is 18.8. The van der Waals surface area contributed by atoms with Gasteiger partial charge in [0.25, 0.3) is 0 Å². The summed E-state index contributed by atoms with van der Waals surface area (Å²) in [6.07, 6.45) is 3.48. The van der Waals surface area contributed by atoms with Crippen LogP contribution in [0.25, 0.3) is 33.9 Å². The number of H-pyrrole nitrogens is 1. The zero-order valence-electron chi connectivity index (χ0n) is 13.4. The molecule has 4 aromatic rings.